The van der Waals surface area contributed by atoms with Gasteiger partial charge in [0.1, 0.15) is 5.82 Å². The second-order valence-electron chi connectivity index (χ2n) is 7.23. The van der Waals surface area contributed by atoms with Crippen LogP contribution in [0.15, 0.2) is 42.7 Å². The molecular weight excluding hydrogens is 370 g/mol. The number of hydrogen-bond donors (Lipinski definition) is 2. The summed E-state index contributed by atoms with van der Waals surface area (Å²) in [7, 11) is 0. The maximum Gasteiger partial charge on any atom is 0.133 e. The molecule has 0 amide bonds. The van der Waals surface area contributed by atoms with E-state index in [4.69, 9.17) is 11.6 Å². The summed E-state index contributed by atoms with van der Waals surface area (Å²) in [6.45, 7) is 6.01. The number of fused-ring (bicyclic) bond motifs is 1. The fraction of sp³-hybridized carbons (Fsp3) is 0.364. The predicted molar refractivity (Wildman–Crippen MR) is 119 cm³/mol. The van der Waals surface area contributed by atoms with Crippen molar-refractivity contribution in [1.82, 2.24) is 9.97 Å². The van der Waals surface area contributed by atoms with E-state index in [0.29, 0.717) is 5.02 Å². The summed E-state index contributed by atoms with van der Waals surface area (Å²) < 4.78 is 0. The summed E-state index contributed by atoms with van der Waals surface area (Å²) in [5.41, 5.74) is 4.36. The first kappa shape index (κ1) is 18.8. The molecule has 0 radical (unpaired) electrons. The number of piperidine rings is 1. The number of anilines is 3. The van der Waals surface area contributed by atoms with Crippen LogP contribution in [0.2, 0.25) is 5.02 Å². The van der Waals surface area contributed by atoms with Gasteiger partial charge in [-0.25, -0.2) is 4.98 Å². The zero-order chi connectivity index (χ0) is 19.3. The van der Waals surface area contributed by atoms with Crippen molar-refractivity contribution in [2.75, 3.05) is 41.7 Å². The van der Waals surface area contributed by atoms with Gasteiger partial charge >= 0.3 is 0 Å². The Bertz CT molecular complexity index is 953. The molecule has 1 aliphatic heterocycles. The molecule has 4 rings (SSSR count). The van der Waals surface area contributed by atoms with E-state index in [1.54, 1.807) is 0 Å². The van der Waals surface area contributed by atoms with Crippen LogP contribution in [0.3, 0.4) is 0 Å². The molecule has 146 valence electrons. The van der Waals surface area contributed by atoms with Crippen molar-refractivity contribution in [3.05, 3.63) is 53.3 Å². The van der Waals surface area contributed by atoms with Crippen molar-refractivity contribution < 1.29 is 0 Å². The van der Waals surface area contributed by atoms with Crippen molar-refractivity contribution in [3.8, 4) is 0 Å². The quantitative estimate of drug-likeness (QED) is 0.568. The highest BCUT2D eigenvalue weighted by molar-refractivity contribution is 6.31. The number of benzene rings is 1. The third kappa shape index (κ3) is 4.14. The summed E-state index contributed by atoms with van der Waals surface area (Å²) in [6, 6.07) is 9.87. The van der Waals surface area contributed by atoms with Gasteiger partial charge in [0.15, 0.2) is 0 Å². The first-order valence-electron chi connectivity index (χ1n) is 9.95. The molecule has 1 aliphatic rings. The molecule has 3 heterocycles. The molecule has 0 saturated carbocycles. The van der Waals surface area contributed by atoms with Gasteiger partial charge in [-0.2, -0.15) is 0 Å². The van der Waals surface area contributed by atoms with E-state index in [2.05, 4.69) is 38.5 Å². The minimum absolute atomic E-state index is 0.705. The molecule has 0 spiro atoms. The SMILES string of the molecule is Cc1c(NCCNc2ccnc3cc(Cl)ccc23)ccnc1N1CCCCC1. The normalized spacial score (nSPS) is 14.3. The van der Waals surface area contributed by atoms with Gasteiger partial charge in [0.25, 0.3) is 0 Å². The fourth-order valence-electron chi connectivity index (χ4n) is 3.81. The van der Waals surface area contributed by atoms with E-state index < -0.39 is 0 Å². The summed E-state index contributed by atoms with van der Waals surface area (Å²) in [4.78, 5) is 11.4. The molecule has 28 heavy (non-hydrogen) atoms. The van der Waals surface area contributed by atoms with Crippen LogP contribution in [0.4, 0.5) is 17.2 Å². The molecule has 2 aromatic heterocycles. The van der Waals surface area contributed by atoms with Crippen LogP contribution in [0, 0.1) is 6.92 Å². The lowest BCUT2D eigenvalue weighted by molar-refractivity contribution is 0.572. The number of rotatable bonds is 6. The molecule has 0 bridgehead atoms. The Hall–Kier alpha value is -2.53. The molecule has 3 aromatic rings. The van der Waals surface area contributed by atoms with Crippen molar-refractivity contribution in [1.29, 1.82) is 0 Å². The van der Waals surface area contributed by atoms with Crippen LogP contribution in [-0.2, 0) is 0 Å². The highest BCUT2D eigenvalue weighted by Crippen LogP contribution is 2.27. The maximum absolute atomic E-state index is 6.07. The van der Waals surface area contributed by atoms with Crippen LogP contribution in [0.1, 0.15) is 24.8 Å². The Morgan fingerprint density at radius 3 is 2.46 bits per heavy atom. The van der Waals surface area contributed by atoms with E-state index in [1.807, 2.05) is 36.7 Å². The van der Waals surface area contributed by atoms with Crippen LogP contribution in [0.5, 0.6) is 0 Å². The monoisotopic (exact) mass is 395 g/mol. The first-order valence-corrected chi connectivity index (χ1v) is 10.3. The van der Waals surface area contributed by atoms with Gasteiger partial charge in [0, 0.05) is 65.9 Å². The van der Waals surface area contributed by atoms with Crippen molar-refractivity contribution in [3.63, 3.8) is 0 Å². The highest BCUT2D eigenvalue weighted by atomic mass is 35.5. The van der Waals surface area contributed by atoms with Gasteiger partial charge < -0.3 is 15.5 Å². The summed E-state index contributed by atoms with van der Waals surface area (Å²) in [5.74, 6) is 1.12. The topological polar surface area (TPSA) is 53.1 Å². The molecule has 0 aliphatic carbocycles. The molecule has 5 nitrogen and oxygen atoms in total. The van der Waals surface area contributed by atoms with E-state index in [1.165, 1.54) is 24.8 Å². The second kappa shape index (κ2) is 8.65. The zero-order valence-electron chi connectivity index (χ0n) is 16.2. The number of pyridine rings is 2. The lowest BCUT2D eigenvalue weighted by Crippen LogP contribution is -2.31. The van der Waals surface area contributed by atoms with Crippen LogP contribution in [0.25, 0.3) is 10.9 Å². The van der Waals surface area contributed by atoms with E-state index in [9.17, 15) is 0 Å². The van der Waals surface area contributed by atoms with Gasteiger partial charge in [0.2, 0.25) is 0 Å². The van der Waals surface area contributed by atoms with Crippen molar-refractivity contribution in [2.24, 2.45) is 0 Å². The number of hydrogen-bond acceptors (Lipinski definition) is 5. The number of nitrogens with zero attached hydrogens (tertiary/aromatic N) is 3. The van der Waals surface area contributed by atoms with Crippen molar-refractivity contribution in [2.45, 2.75) is 26.2 Å². The Morgan fingerprint density at radius 1 is 0.929 bits per heavy atom. The minimum atomic E-state index is 0.705. The molecule has 0 atom stereocenters. The Morgan fingerprint density at radius 2 is 1.64 bits per heavy atom. The second-order valence-corrected chi connectivity index (χ2v) is 7.66. The Kier molecular flexibility index (Phi) is 5.81. The number of aromatic nitrogens is 2. The van der Waals surface area contributed by atoms with E-state index >= 15 is 0 Å². The standard InChI is InChI=1S/C22H26ClN5/c1-16-19(7-10-27-22(16)28-13-3-2-4-14-28)25-11-12-26-20-8-9-24-21-15-17(23)5-6-18(20)21/h5-10,15H,2-4,11-14H2,1H3,(H,24,26)(H,25,27). The predicted octanol–water partition coefficient (Wildman–Crippen LogP) is 5.11. The molecule has 6 heteroatoms. The van der Waals surface area contributed by atoms with Gasteiger partial charge in [-0.1, -0.05) is 11.6 Å². The summed E-state index contributed by atoms with van der Waals surface area (Å²) in [6.07, 6.45) is 7.57. The molecule has 2 N–H and O–H groups in total. The lowest BCUT2D eigenvalue weighted by Gasteiger charge is -2.29. The van der Waals surface area contributed by atoms with Crippen molar-refractivity contribution >= 4 is 39.7 Å². The third-order valence-electron chi connectivity index (χ3n) is 5.29. The zero-order valence-corrected chi connectivity index (χ0v) is 17.0. The molecule has 0 unspecified atom stereocenters. The number of nitrogens with one attached hydrogen (secondary N) is 2. The lowest BCUT2D eigenvalue weighted by atomic mass is 10.1. The van der Waals surface area contributed by atoms with Crippen LogP contribution < -0.4 is 15.5 Å². The molecule has 1 fully saturated rings. The van der Waals surface area contributed by atoms with Crippen LogP contribution in [-0.4, -0.2) is 36.1 Å². The number of halogens is 1. The Labute approximate surface area is 171 Å². The third-order valence-corrected chi connectivity index (χ3v) is 5.53. The largest absolute Gasteiger partial charge is 0.383 e. The average Bonchev–Trinajstić information content (AvgIpc) is 2.72. The van der Waals surface area contributed by atoms with E-state index in [-0.39, 0.29) is 0 Å². The average molecular weight is 396 g/mol. The molecule has 1 saturated heterocycles. The summed E-state index contributed by atoms with van der Waals surface area (Å²) >= 11 is 6.07. The fourth-order valence-corrected chi connectivity index (χ4v) is 3.98. The first-order chi connectivity index (χ1) is 13.7. The van der Waals surface area contributed by atoms with Gasteiger partial charge in [-0.05, 0) is 56.5 Å². The smallest absolute Gasteiger partial charge is 0.133 e. The molecule has 1 aromatic carbocycles. The van der Waals surface area contributed by atoms with Crippen LogP contribution >= 0.6 is 11.6 Å². The summed E-state index contributed by atoms with van der Waals surface area (Å²) in [5, 5.41) is 8.84. The van der Waals surface area contributed by atoms with Gasteiger partial charge in [0.05, 0.1) is 5.52 Å². The minimum Gasteiger partial charge on any atom is -0.383 e. The highest BCUT2D eigenvalue weighted by Gasteiger charge is 2.15. The maximum atomic E-state index is 6.07. The van der Waals surface area contributed by atoms with Gasteiger partial charge in [-0.15, -0.1) is 0 Å². The van der Waals surface area contributed by atoms with Gasteiger partial charge in [-0.3, -0.25) is 4.98 Å². The van der Waals surface area contributed by atoms with E-state index in [0.717, 1.165) is 54.3 Å². The Balaban J connectivity index is 1.38. The molecular formula is C22H26ClN5.